The van der Waals surface area contributed by atoms with Crippen molar-refractivity contribution in [1.82, 2.24) is 10.3 Å². The zero-order valence-corrected chi connectivity index (χ0v) is 15.4. The van der Waals surface area contributed by atoms with Crippen LogP contribution in [0.4, 0.5) is 0 Å². The molecule has 0 amide bonds. The minimum atomic E-state index is -0.0288. The van der Waals surface area contributed by atoms with Gasteiger partial charge in [-0.1, -0.05) is 13.0 Å². The van der Waals surface area contributed by atoms with Gasteiger partial charge in [0.25, 0.3) is 0 Å². The van der Waals surface area contributed by atoms with Crippen molar-refractivity contribution >= 4 is 5.97 Å². The Balaban J connectivity index is 1.28. The molecular weight excluding hydrogens is 328 g/mol. The number of hydrogen-bond donors (Lipinski definition) is 1. The van der Waals surface area contributed by atoms with Crippen LogP contribution in [0.3, 0.4) is 0 Å². The molecule has 26 heavy (non-hydrogen) atoms. The predicted octanol–water partition coefficient (Wildman–Crippen LogP) is 2.70. The van der Waals surface area contributed by atoms with E-state index in [2.05, 4.69) is 23.3 Å². The van der Waals surface area contributed by atoms with Crippen molar-refractivity contribution in [2.24, 2.45) is 23.2 Å². The lowest BCUT2D eigenvalue weighted by Gasteiger charge is -2.51. The number of aromatic nitrogens is 1. The molecular formula is C21H28N2O3. The summed E-state index contributed by atoms with van der Waals surface area (Å²) in [6.07, 6.45) is 9.52. The SMILES string of the molecule is C[C@]12CCC[C@]3(CO3)[C@@H]1C[C@H]1[C@@H](C2)OC(=O)[C@@H]1CNCc1cccnc1. The molecule has 6 atom stereocenters. The number of epoxide rings is 1. The molecule has 5 nitrogen and oxygen atoms in total. The normalized spacial score (nSPS) is 43.7. The summed E-state index contributed by atoms with van der Waals surface area (Å²) in [6.45, 7) is 4.75. The van der Waals surface area contributed by atoms with Crippen LogP contribution in [0.25, 0.3) is 0 Å². The first-order valence-electron chi connectivity index (χ1n) is 10.0. The number of rotatable bonds is 4. The van der Waals surface area contributed by atoms with Crippen LogP contribution in [0.1, 0.15) is 44.6 Å². The second kappa shape index (κ2) is 6.03. The van der Waals surface area contributed by atoms with E-state index in [0.29, 0.717) is 18.4 Å². The number of pyridine rings is 1. The van der Waals surface area contributed by atoms with Gasteiger partial charge in [-0.15, -0.1) is 0 Å². The largest absolute Gasteiger partial charge is 0.462 e. The molecule has 0 unspecified atom stereocenters. The average molecular weight is 356 g/mol. The van der Waals surface area contributed by atoms with Crippen molar-refractivity contribution in [1.29, 1.82) is 0 Å². The van der Waals surface area contributed by atoms with Gasteiger partial charge < -0.3 is 14.8 Å². The summed E-state index contributed by atoms with van der Waals surface area (Å²) < 4.78 is 11.8. The first-order valence-corrected chi connectivity index (χ1v) is 10.0. The third-order valence-corrected chi connectivity index (χ3v) is 7.50. The van der Waals surface area contributed by atoms with Crippen molar-refractivity contribution < 1.29 is 14.3 Å². The number of carbonyl (C=O) groups is 1. The van der Waals surface area contributed by atoms with Crippen LogP contribution < -0.4 is 5.32 Å². The van der Waals surface area contributed by atoms with Crippen molar-refractivity contribution in [3.63, 3.8) is 0 Å². The Bertz CT molecular complexity index is 690. The Morgan fingerprint density at radius 3 is 3.04 bits per heavy atom. The molecule has 1 N–H and O–H groups in total. The molecule has 1 aromatic rings. The Morgan fingerprint density at radius 1 is 1.38 bits per heavy atom. The maximum Gasteiger partial charge on any atom is 0.310 e. The molecule has 5 rings (SSSR count). The smallest absolute Gasteiger partial charge is 0.310 e. The molecule has 1 aromatic heterocycles. The zero-order valence-electron chi connectivity index (χ0n) is 15.4. The fraction of sp³-hybridized carbons (Fsp3) is 0.714. The molecule has 0 bridgehead atoms. The van der Waals surface area contributed by atoms with Gasteiger partial charge in [0, 0.05) is 31.4 Å². The van der Waals surface area contributed by atoms with Gasteiger partial charge in [-0.25, -0.2) is 0 Å². The maximum absolute atomic E-state index is 12.6. The lowest BCUT2D eigenvalue weighted by Crippen LogP contribution is -2.51. The van der Waals surface area contributed by atoms with Gasteiger partial charge in [0.05, 0.1) is 18.1 Å². The van der Waals surface area contributed by atoms with Crippen LogP contribution in [-0.4, -0.2) is 35.8 Å². The Hall–Kier alpha value is -1.46. The van der Waals surface area contributed by atoms with E-state index in [0.717, 1.165) is 31.6 Å². The maximum atomic E-state index is 12.6. The van der Waals surface area contributed by atoms with Crippen molar-refractivity contribution in [2.75, 3.05) is 13.2 Å². The van der Waals surface area contributed by atoms with E-state index in [9.17, 15) is 4.79 Å². The van der Waals surface area contributed by atoms with E-state index >= 15 is 0 Å². The average Bonchev–Trinajstić information content (AvgIpc) is 3.33. The predicted molar refractivity (Wildman–Crippen MR) is 96.2 cm³/mol. The van der Waals surface area contributed by atoms with E-state index in [1.54, 1.807) is 6.20 Å². The second-order valence-corrected chi connectivity index (χ2v) is 9.09. The first kappa shape index (κ1) is 16.7. The summed E-state index contributed by atoms with van der Waals surface area (Å²) in [4.78, 5) is 16.7. The molecule has 2 saturated carbocycles. The second-order valence-electron chi connectivity index (χ2n) is 9.09. The Kier molecular flexibility index (Phi) is 3.87. The van der Waals surface area contributed by atoms with Crippen LogP contribution in [0, 0.1) is 23.2 Å². The Morgan fingerprint density at radius 2 is 2.27 bits per heavy atom. The van der Waals surface area contributed by atoms with Crippen LogP contribution in [0.5, 0.6) is 0 Å². The summed E-state index contributed by atoms with van der Waals surface area (Å²) in [7, 11) is 0. The van der Waals surface area contributed by atoms with Crippen LogP contribution in [0.2, 0.25) is 0 Å². The highest BCUT2D eigenvalue weighted by Gasteiger charge is 2.64. The lowest BCUT2D eigenvalue weighted by atomic mass is 9.53. The summed E-state index contributed by atoms with van der Waals surface area (Å²) in [5.74, 6) is 0.882. The molecule has 4 fully saturated rings. The Labute approximate surface area is 154 Å². The van der Waals surface area contributed by atoms with Crippen LogP contribution in [-0.2, 0) is 20.8 Å². The van der Waals surface area contributed by atoms with Crippen molar-refractivity contribution in [3.8, 4) is 0 Å². The zero-order chi connectivity index (χ0) is 17.8. The van der Waals surface area contributed by atoms with E-state index in [4.69, 9.17) is 9.47 Å². The highest BCUT2D eigenvalue weighted by Crippen LogP contribution is 2.62. The summed E-state index contributed by atoms with van der Waals surface area (Å²) >= 11 is 0. The van der Waals surface area contributed by atoms with E-state index in [1.807, 2.05) is 12.3 Å². The van der Waals surface area contributed by atoms with Crippen molar-refractivity contribution in [2.45, 2.75) is 57.3 Å². The minimum absolute atomic E-state index is 0.00769. The number of nitrogens with zero attached hydrogens (tertiary/aromatic N) is 1. The number of esters is 1. The molecule has 3 heterocycles. The van der Waals surface area contributed by atoms with Gasteiger partial charge in [0.1, 0.15) is 6.10 Å². The van der Waals surface area contributed by atoms with Gasteiger partial charge in [-0.3, -0.25) is 9.78 Å². The van der Waals surface area contributed by atoms with Crippen LogP contribution >= 0.6 is 0 Å². The number of ether oxygens (including phenoxy) is 2. The lowest BCUT2D eigenvalue weighted by molar-refractivity contribution is -0.147. The third-order valence-electron chi connectivity index (χ3n) is 7.50. The van der Waals surface area contributed by atoms with Gasteiger partial charge in [0.15, 0.2) is 0 Å². The van der Waals surface area contributed by atoms with Gasteiger partial charge in [-0.05, 0) is 55.1 Å². The molecule has 140 valence electrons. The molecule has 2 aliphatic heterocycles. The number of carbonyl (C=O) groups excluding carboxylic acids is 1. The molecule has 0 radical (unpaired) electrons. The van der Waals surface area contributed by atoms with Gasteiger partial charge >= 0.3 is 5.97 Å². The van der Waals surface area contributed by atoms with E-state index in [-0.39, 0.29) is 29.0 Å². The molecule has 1 spiro atoms. The van der Waals surface area contributed by atoms with Gasteiger partial charge in [0.2, 0.25) is 0 Å². The fourth-order valence-corrected chi connectivity index (χ4v) is 6.06. The fourth-order valence-electron chi connectivity index (χ4n) is 6.06. The molecule has 2 saturated heterocycles. The monoisotopic (exact) mass is 356 g/mol. The standard InChI is InChI=1S/C21H28N2O3/c1-20-5-3-6-21(13-25-21)18(20)8-15-16(19(24)26-17(15)9-20)12-23-11-14-4-2-7-22-10-14/h2,4,7,10,15-18,23H,3,5-6,8-9,11-13H2,1H3/t15-,16-,17-,18-,20-,21+/m1/s1. The quantitative estimate of drug-likeness (QED) is 0.664. The first-order chi connectivity index (χ1) is 12.6. The molecule has 0 aromatic carbocycles. The van der Waals surface area contributed by atoms with E-state index in [1.165, 1.54) is 19.3 Å². The highest BCUT2D eigenvalue weighted by atomic mass is 16.6. The summed E-state index contributed by atoms with van der Waals surface area (Å²) in [5, 5.41) is 3.45. The number of nitrogens with one attached hydrogen (secondary N) is 1. The topological polar surface area (TPSA) is 63.8 Å². The number of fused-ring (bicyclic) bond motifs is 3. The molecule has 2 aliphatic carbocycles. The highest BCUT2D eigenvalue weighted by molar-refractivity contribution is 5.75. The van der Waals surface area contributed by atoms with Crippen LogP contribution in [0.15, 0.2) is 24.5 Å². The van der Waals surface area contributed by atoms with Gasteiger partial charge in [-0.2, -0.15) is 0 Å². The molecule has 4 aliphatic rings. The molecule has 5 heteroatoms. The van der Waals surface area contributed by atoms with E-state index < -0.39 is 0 Å². The minimum Gasteiger partial charge on any atom is -0.462 e. The summed E-state index contributed by atoms with van der Waals surface area (Å²) in [5.41, 5.74) is 1.54. The van der Waals surface area contributed by atoms with Crippen molar-refractivity contribution in [3.05, 3.63) is 30.1 Å². The summed E-state index contributed by atoms with van der Waals surface area (Å²) in [6, 6.07) is 4.00. The number of hydrogen-bond acceptors (Lipinski definition) is 5. The third kappa shape index (κ3) is 2.67.